The van der Waals surface area contributed by atoms with Crippen LogP contribution in [0.5, 0.6) is 28.7 Å². The average molecular weight is 1960 g/mol. The van der Waals surface area contributed by atoms with Crippen molar-refractivity contribution in [2.45, 2.75) is 375 Å². The van der Waals surface area contributed by atoms with Crippen molar-refractivity contribution in [3.8, 4) is 28.7 Å². The lowest BCUT2D eigenvalue weighted by atomic mass is 9.67. The first-order valence-electron chi connectivity index (χ1n) is 66.1. The highest BCUT2D eigenvalue weighted by molar-refractivity contribution is 7.11. The number of unbranched alkanes of at least 4 members (excludes halogenated alkanes) is 5. The van der Waals surface area contributed by atoms with Gasteiger partial charge in [-0.2, -0.15) is 0 Å². The molecule has 5 saturated heterocycles. The van der Waals surface area contributed by atoms with E-state index in [-0.39, 0.29) is 85.4 Å². The minimum atomic E-state index is -3.14. The fourth-order valence-electron chi connectivity index (χ4n) is 22.2. The van der Waals surface area contributed by atoms with Crippen LogP contribution in [0.2, 0.25) is 0 Å². The number of pyridine rings is 5. The quantitative estimate of drug-likeness (QED) is 0.0345. The summed E-state index contributed by atoms with van der Waals surface area (Å²) < 4.78 is 349. The molecule has 5 saturated carbocycles. The van der Waals surface area contributed by atoms with Gasteiger partial charge in [-0.05, 0) is 342 Å². The van der Waals surface area contributed by atoms with Gasteiger partial charge in [-0.25, -0.2) is 0 Å². The van der Waals surface area contributed by atoms with Crippen molar-refractivity contribution in [1.82, 2.24) is 24.9 Å². The van der Waals surface area contributed by atoms with Crippen molar-refractivity contribution in [1.29, 1.82) is 0 Å². The highest BCUT2D eigenvalue weighted by Gasteiger charge is 2.54. The Bertz CT molecular complexity index is 6770. The second-order valence-corrected chi connectivity index (χ2v) is 42.6. The Morgan fingerprint density at radius 3 is 0.822 bits per heavy atom. The molecule has 135 heavy (non-hydrogen) atoms. The lowest BCUT2D eigenvalue weighted by molar-refractivity contribution is -0.105. The molecule has 6 atom stereocenters. The van der Waals surface area contributed by atoms with Gasteiger partial charge in [0.2, 0.25) is 0 Å². The molecule has 0 aromatic carbocycles. The number of aryl methyl sites for hydroxylation is 5. The number of thiophene rings is 5. The van der Waals surface area contributed by atoms with Crippen molar-refractivity contribution in [2.75, 3.05) is 68.4 Å². The van der Waals surface area contributed by atoms with E-state index >= 15 is 0 Å². The standard InChI is InChI=1S/5C23H31NO2S/c5*1-25-19-10-17-27-20(19)8-2-4-11-22(21-9-3-7-15-24-21)14-16-26-23(18-22)12-5-6-13-23/h5*3,7,9-10,15,17H,2,4-6,8,11-14,16,18H2,1H3/t5*22-/m11111/s1/i1D3,5D2,6D2,12D2,13D2;5D2,6D2,12D2,13D2;1D3,5D2,6D2,10D;1D3,5D2,6D2;5D2/t4m;22-,23?. The molecular weight excluding hydrogens is 1770 g/mol. The second-order valence-electron chi connectivity index (χ2n) is 37.6. The zero-order valence-electron chi connectivity index (χ0n) is 114. The van der Waals surface area contributed by atoms with Crippen LogP contribution < -0.4 is 23.7 Å². The van der Waals surface area contributed by atoms with Crippen molar-refractivity contribution in [3.05, 3.63) is 232 Å². The topological polar surface area (TPSA) is 157 Å². The van der Waals surface area contributed by atoms with Crippen LogP contribution in [-0.4, -0.2) is 121 Å². The molecule has 10 aromatic heterocycles. The summed E-state index contributed by atoms with van der Waals surface area (Å²) in [6.45, 7) is 1.48. The normalized spacial score (nSPS) is 34.1. The maximum atomic E-state index is 8.69. The van der Waals surface area contributed by atoms with Gasteiger partial charge >= 0.3 is 0 Å². The second kappa shape index (κ2) is 49.0. The van der Waals surface area contributed by atoms with E-state index in [1.165, 1.54) is 38.9 Å². The van der Waals surface area contributed by atoms with Gasteiger partial charge in [0.05, 0.1) is 77.0 Å². The highest BCUT2D eigenvalue weighted by Crippen LogP contribution is 2.57. The molecule has 730 valence electrons. The Balaban J connectivity index is 0.000000149. The predicted molar refractivity (Wildman–Crippen MR) is 554 cm³/mol. The maximum Gasteiger partial charge on any atom is 0.132 e. The number of rotatable bonds is 35. The number of nitrogens with zero attached hydrogens (tertiary/aromatic N) is 5. The van der Waals surface area contributed by atoms with E-state index in [1.54, 1.807) is 109 Å². The fraction of sp³-hybridized carbons (Fsp3) is 0.609. The molecular formula is C115H155N5O10S5. The SMILES string of the molecule is [2H]C([2H])([2H])Oc1ccsc1CCCC[C@@]1(c2ccccn2)CCOC2(C1)C([2H])([2H])C([2H])([2H])C([2H])([2H])C2([2H])[2H].[2H]C([2H])([2H])Oc1ccsc1CCCC[C@@]1(c2ccccn2)CCOC2(CC([2H])([2H])C([2H])([2H])C2)C1.[2H]C1([2H])C([2H])([2H])C([2H])([2H])C2(C[C@](CCCCc3sccc3OC)(c3ccccn3)CCO2)C1([2H])[2H].[2H]C1([2H])CCC2(C1)C[C@](CCCCc1sccc1OC)(c1ccccn1)CCO2.[2H]c1csc(CCCC[C@@]2(c3ccccn3)CCOC3(CC([2H])([2H])C([2H])([2H])C3)C2)c1OC([2H])([2H])[2H]. The van der Waals surface area contributed by atoms with Gasteiger partial charge in [-0.15, -0.1) is 56.7 Å². The largest absolute Gasteiger partial charge is 0.496 e. The van der Waals surface area contributed by atoms with E-state index in [2.05, 4.69) is 37.4 Å². The van der Waals surface area contributed by atoms with Gasteiger partial charge in [0.25, 0.3) is 0 Å². The van der Waals surface area contributed by atoms with Crippen molar-refractivity contribution in [2.24, 2.45) is 0 Å². The van der Waals surface area contributed by atoms with E-state index in [9.17, 15) is 0 Å². The lowest BCUT2D eigenvalue weighted by Gasteiger charge is -2.46. The minimum Gasteiger partial charge on any atom is -0.496 e. The molecule has 10 aliphatic rings. The van der Waals surface area contributed by atoms with Crippen molar-refractivity contribution < 1.29 is 96.7 Å². The molecule has 20 rings (SSSR count). The number of hydrogen-bond acceptors (Lipinski definition) is 20. The number of methoxy groups -OCH3 is 5. The van der Waals surface area contributed by atoms with Crippen LogP contribution in [0.1, 0.15) is 391 Å². The van der Waals surface area contributed by atoms with Gasteiger partial charge in [-0.1, -0.05) is 126 Å². The molecule has 0 radical (unpaired) electrons. The molecule has 0 amide bonds. The molecule has 10 aromatic rings. The first-order chi connectivity index (χ1) is 79.8. The summed E-state index contributed by atoms with van der Waals surface area (Å²) in [5, 5.41) is 9.28. The van der Waals surface area contributed by atoms with Crippen LogP contribution in [0.3, 0.4) is 0 Å². The van der Waals surface area contributed by atoms with Gasteiger partial charge in [0.1, 0.15) is 28.7 Å². The Hall–Kier alpha value is -6.95. The molecule has 0 N–H and O–H groups in total. The summed E-state index contributed by atoms with van der Waals surface area (Å²) in [4.78, 5) is 28.1. The summed E-state index contributed by atoms with van der Waals surface area (Å²) in [5.74, 6) is 2.74. The van der Waals surface area contributed by atoms with E-state index in [1.807, 2.05) is 83.7 Å². The van der Waals surface area contributed by atoms with Gasteiger partial charge in [0.15, 0.2) is 0 Å². The fourth-order valence-corrected chi connectivity index (χ4v) is 26.4. The molecule has 20 heteroatoms. The zero-order chi connectivity index (χ0) is 125. The van der Waals surface area contributed by atoms with Gasteiger partial charge in [0, 0.05) is 180 Å². The molecule has 1 unspecified atom stereocenters. The Morgan fingerprint density at radius 1 is 0.289 bits per heavy atom. The minimum absolute atomic E-state index is 0.0134. The molecule has 15 heterocycles. The smallest absolute Gasteiger partial charge is 0.132 e. The molecule has 5 spiro atoms. The summed E-state index contributed by atoms with van der Waals surface area (Å²) >= 11 is 7.63. The van der Waals surface area contributed by atoms with Gasteiger partial charge in [-0.3, -0.25) is 24.9 Å². The maximum absolute atomic E-state index is 8.69. The van der Waals surface area contributed by atoms with E-state index < -0.39 is 137 Å². The number of hydrogen-bond donors (Lipinski definition) is 0. The van der Waals surface area contributed by atoms with Crippen LogP contribution in [0.15, 0.2) is 179 Å². The molecule has 10 fully saturated rings. The zero-order valence-corrected chi connectivity index (χ0v) is 81.9. The Labute approximate surface area is 878 Å². The third-order valence-corrected chi connectivity index (χ3v) is 33.8. The Morgan fingerprint density at radius 2 is 0.548 bits per heavy atom. The lowest BCUT2D eigenvalue weighted by Crippen LogP contribution is -2.46. The molecule has 15 nitrogen and oxygen atoms in total. The third kappa shape index (κ3) is 25.7. The number of ether oxygens (including phenoxy) is 10. The van der Waals surface area contributed by atoms with E-state index in [4.69, 9.17) is 102 Å². The first kappa shape index (κ1) is 64.5. The molecule has 5 aliphatic carbocycles. The first-order valence-corrected chi connectivity index (χ1v) is 52.5. The van der Waals surface area contributed by atoms with Gasteiger partial charge < -0.3 is 47.4 Å². The summed E-state index contributed by atoms with van der Waals surface area (Å²) in [7, 11) is -4.23. The van der Waals surface area contributed by atoms with E-state index in [0.29, 0.717) is 126 Å². The van der Waals surface area contributed by atoms with Crippen LogP contribution >= 0.6 is 56.7 Å². The monoisotopic (exact) mass is 1960 g/mol. The summed E-state index contributed by atoms with van der Waals surface area (Å²) in [6, 6.07) is 36.0. The van der Waals surface area contributed by atoms with Crippen LogP contribution in [0.25, 0.3) is 0 Å². The molecule has 5 aliphatic heterocycles. The van der Waals surface area contributed by atoms with Crippen molar-refractivity contribution in [3.63, 3.8) is 0 Å². The Kier molecular flexibility index (Phi) is 23.4. The van der Waals surface area contributed by atoms with Crippen LogP contribution in [0, 0.1) is 0 Å². The van der Waals surface area contributed by atoms with Crippen molar-refractivity contribution >= 4 is 56.7 Å². The summed E-state index contributed by atoms with van der Waals surface area (Å²) in [5.41, 5.74) is -4.75. The average Bonchev–Trinajstić information content (AvgIpc) is 1.49. The van der Waals surface area contributed by atoms with Crippen LogP contribution in [0.4, 0.5) is 0 Å². The number of aromatic nitrogens is 5. The van der Waals surface area contributed by atoms with Crippen LogP contribution in [-0.2, 0) is 82.9 Å². The van der Waals surface area contributed by atoms with E-state index in [0.717, 1.165) is 164 Å². The third-order valence-electron chi connectivity index (χ3n) is 29.1. The highest BCUT2D eigenvalue weighted by atomic mass is 32.1. The predicted octanol–water partition coefficient (Wildman–Crippen LogP) is 29.6. The summed E-state index contributed by atoms with van der Waals surface area (Å²) in [6.07, 6.45) is -1.78. The molecule has 0 bridgehead atoms.